The van der Waals surface area contributed by atoms with Gasteiger partial charge in [-0.2, -0.15) is 4.98 Å². The monoisotopic (exact) mass is 422 g/mol. The standard InChI is InChI=1S/C24H27FN4O2/c1-16(2)15-31-24-27-22(20-9-5-6-10-21(20)25)29(28-24)19-13-11-18(12-14-19)26-23(30)17-7-3-4-8-17/h5-6,9-14,16-17H,3-4,7-8,15H2,1-2H3,(H,26,30). The highest BCUT2D eigenvalue weighted by Crippen LogP contribution is 2.28. The molecule has 0 unspecified atom stereocenters. The summed E-state index contributed by atoms with van der Waals surface area (Å²) in [5.41, 5.74) is 1.77. The van der Waals surface area contributed by atoms with Gasteiger partial charge in [-0.05, 0) is 55.2 Å². The number of carbonyl (C=O) groups is 1. The zero-order valence-electron chi connectivity index (χ0n) is 17.8. The molecule has 1 aromatic heterocycles. The van der Waals surface area contributed by atoms with Gasteiger partial charge in [0.1, 0.15) is 5.82 Å². The minimum absolute atomic E-state index is 0.0717. The van der Waals surface area contributed by atoms with E-state index in [9.17, 15) is 9.18 Å². The second-order valence-electron chi connectivity index (χ2n) is 8.33. The Balaban J connectivity index is 1.61. The second kappa shape index (κ2) is 9.29. The SMILES string of the molecule is CC(C)COc1nc(-c2ccccc2F)n(-c2ccc(NC(=O)C3CCCC3)cc2)n1. The lowest BCUT2D eigenvalue weighted by Crippen LogP contribution is -2.20. The summed E-state index contributed by atoms with van der Waals surface area (Å²) in [7, 11) is 0. The number of hydrogen-bond acceptors (Lipinski definition) is 4. The van der Waals surface area contributed by atoms with Crippen molar-refractivity contribution in [3.8, 4) is 23.1 Å². The number of hydrogen-bond donors (Lipinski definition) is 1. The Morgan fingerprint density at radius 3 is 2.55 bits per heavy atom. The van der Waals surface area contributed by atoms with E-state index in [1.54, 1.807) is 22.9 Å². The van der Waals surface area contributed by atoms with E-state index in [1.807, 2.05) is 38.1 Å². The molecule has 1 aliphatic carbocycles. The van der Waals surface area contributed by atoms with Crippen molar-refractivity contribution in [2.75, 3.05) is 11.9 Å². The molecule has 0 radical (unpaired) electrons. The van der Waals surface area contributed by atoms with Crippen LogP contribution in [0, 0.1) is 17.7 Å². The highest BCUT2D eigenvalue weighted by atomic mass is 19.1. The van der Waals surface area contributed by atoms with Gasteiger partial charge in [-0.15, -0.1) is 5.10 Å². The molecule has 31 heavy (non-hydrogen) atoms. The number of halogens is 1. The third kappa shape index (κ3) is 4.93. The molecule has 0 saturated heterocycles. The van der Waals surface area contributed by atoms with Gasteiger partial charge in [0.15, 0.2) is 5.82 Å². The number of rotatable bonds is 7. The number of benzene rings is 2. The van der Waals surface area contributed by atoms with Gasteiger partial charge >= 0.3 is 6.01 Å². The van der Waals surface area contributed by atoms with Crippen LogP contribution in [0.25, 0.3) is 17.1 Å². The molecule has 3 aromatic rings. The quantitative estimate of drug-likeness (QED) is 0.566. The Kier molecular flexibility index (Phi) is 6.30. The molecule has 4 rings (SSSR count). The lowest BCUT2D eigenvalue weighted by Gasteiger charge is -2.11. The maximum atomic E-state index is 14.5. The van der Waals surface area contributed by atoms with Gasteiger partial charge in [0, 0.05) is 11.6 Å². The van der Waals surface area contributed by atoms with E-state index in [4.69, 9.17) is 4.74 Å². The topological polar surface area (TPSA) is 69.0 Å². The van der Waals surface area contributed by atoms with Crippen LogP contribution in [0.2, 0.25) is 0 Å². The summed E-state index contributed by atoms with van der Waals surface area (Å²) >= 11 is 0. The van der Waals surface area contributed by atoms with Gasteiger partial charge in [0.2, 0.25) is 5.91 Å². The van der Waals surface area contributed by atoms with E-state index < -0.39 is 0 Å². The van der Waals surface area contributed by atoms with Crippen molar-refractivity contribution in [2.45, 2.75) is 39.5 Å². The number of anilines is 1. The predicted octanol–water partition coefficient (Wildman–Crippen LogP) is 5.24. The number of ether oxygens (including phenoxy) is 1. The first-order valence-electron chi connectivity index (χ1n) is 10.8. The summed E-state index contributed by atoms with van der Waals surface area (Å²) in [5.74, 6) is 0.462. The van der Waals surface area contributed by atoms with Crippen molar-refractivity contribution >= 4 is 11.6 Å². The summed E-state index contributed by atoms with van der Waals surface area (Å²) in [5, 5.41) is 7.44. The third-order valence-electron chi connectivity index (χ3n) is 5.35. The van der Waals surface area contributed by atoms with Crippen LogP contribution in [0.3, 0.4) is 0 Å². The van der Waals surface area contributed by atoms with E-state index >= 15 is 0 Å². The van der Waals surface area contributed by atoms with Crippen molar-refractivity contribution in [1.29, 1.82) is 0 Å². The molecule has 0 atom stereocenters. The van der Waals surface area contributed by atoms with Crippen molar-refractivity contribution < 1.29 is 13.9 Å². The van der Waals surface area contributed by atoms with Crippen LogP contribution in [-0.4, -0.2) is 27.3 Å². The van der Waals surface area contributed by atoms with Crippen LogP contribution in [0.15, 0.2) is 48.5 Å². The van der Waals surface area contributed by atoms with E-state index in [2.05, 4.69) is 15.4 Å². The van der Waals surface area contributed by atoms with Crippen LogP contribution in [-0.2, 0) is 4.79 Å². The summed E-state index contributed by atoms with van der Waals surface area (Å²) in [6.07, 6.45) is 4.13. The van der Waals surface area contributed by atoms with Crippen LogP contribution in [0.4, 0.5) is 10.1 Å². The molecule has 162 valence electrons. The summed E-state index contributed by atoms with van der Waals surface area (Å²) < 4.78 is 21.7. The molecule has 1 amide bonds. The molecule has 1 heterocycles. The first-order chi connectivity index (χ1) is 15.0. The van der Waals surface area contributed by atoms with Crippen LogP contribution < -0.4 is 10.1 Å². The van der Waals surface area contributed by atoms with Gasteiger partial charge in [0.05, 0.1) is 17.9 Å². The number of nitrogens with one attached hydrogen (secondary N) is 1. The largest absolute Gasteiger partial charge is 0.462 e. The number of carbonyl (C=O) groups excluding carboxylic acids is 1. The second-order valence-corrected chi connectivity index (χ2v) is 8.33. The normalized spacial score (nSPS) is 14.2. The van der Waals surface area contributed by atoms with E-state index in [0.717, 1.165) is 31.4 Å². The number of nitrogens with zero attached hydrogens (tertiary/aromatic N) is 3. The molecule has 1 aliphatic rings. The van der Waals surface area contributed by atoms with E-state index in [1.165, 1.54) is 6.07 Å². The number of aromatic nitrogens is 3. The lowest BCUT2D eigenvalue weighted by atomic mass is 10.1. The third-order valence-corrected chi connectivity index (χ3v) is 5.35. The Morgan fingerprint density at radius 1 is 1.16 bits per heavy atom. The number of amides is 1. The molecule has 2 aromatic carbocycles. The average molecular weight is 423 g/mol. The Hall–Kier alpha value is -3.22. The van der Waals surface area contributed by atoms with Crippen LogP contribution >= 0.6 is 0 Å². The molecule has 0 aliphatic heterocycles. The fourth-order valence-corrected chi connectivity index (χ4v) is 3.71. The molecular formula is C24H27FN4O2. The molecule has 1 fully saturated rings. The maximum absolute atomic E-state index is 14.5. The zero-order chi connectivity index (χ0) is 21.8. The highest BCUT2D eigenvalue weighted by molar-refractivity contribution is 5.92. The highest BCUT2D eigenvalue weighted by Gasteiger charge is 2.23. The summed E-state index contributed by atoms with van der Waals surface area (Å²) in [6.45, 7) is 4.54. The fraction of sp³-hybridized carbons (Fsp3) is 0.375. The Morgan fingerprint density at radius 2 is 1.87 bits per heavy atom. The smallest absolute Gasteiger partial charge is 0.336 e. The molecule has 7 heteroatoms. The fourth-order valence-electron chi connectivity index (χ4n) is 3.71. The van der Waals surface area contributed by atoms with Crippen molar-refractivity contribution in [1.82, 2.24) is 14.8 Å². The van der Waals surface area contributed by atoms with Gasteiger partial charge in [-0.25, -0.2) is 9.07 Å². The average Bonchev–Trinajstić information content (AvgIpc) is 3.44. The molecule has 1 saturated carbocycles. The Bertz CT molecular complexity index is 1040. The maximum Gasteiger partial charge on any atom is 0.336 e. The van der Waals surface area contributed by atoms with Gasteiger partial charge < -0.3 is 10.1 Å². The van der Waals surface area contributed by atoms with Gasteiger partial charge in [-0.3, -0.25) is 4.79 Å². The van der Waals surface area contributed by atoms with Crippen LogP contribution in [0.5, 0.6) is 6.01 Å². The lowest BCUT2D eigenvalue weighted by molar-refractivity contribution is -0.119. The van der Waals surface area contributed by atoms with E-state index in [0.29, 0.717) is 29.6 Å². The first-order valence-corrected chi connectivity index (χ1v) is 10.8. The molecule has 0 spiro atoms. The minimum Gasteiger partial charge on any atom is -0.462 e. The van der Waals surface area contributed by atoms with Gasteiger partial charge in [0.25, 0.3) is 0 Å². The molecule has 1 N–H and O–H groups in total. The van der Waals surface area contributed by atoms with E-state index in [-0.39, 0.29) is 23.7 Å². The van der Waals surface area contributed by atoms with Crippen molar-refractivity contribution in [3.63, 3.8) is 0 Å². The molecule has 6 nitrogen and oxygen atoms in total. The summed E-state index contributed by atoms with van der Waals surface area (Å²) in [6, 6.07) is 14.0. The minimum atomic E-state index is -0.382. The van der Waals surface area contributed by atoms with Crippen molar-refractivity contribution in [3.05, 3.63) is 54.3 Å². The van der Waals surface area contributed by atoms with Crippen molar-refractivity contribution in [2.24, 2.45) is 11.8 Å². The van der Waals surface area contributed by atoms with Gasteiger partial charge in [-0.1, -0.05) is 38.8 Å². The Labute approximate surface area is 181 Å². The molecule has 0 bridgehead atoms. The first kappa shape index (κ1) is 21.0. The summed E-state index contributed by atoms with van der Waals surface area (Å²) in [4.78, 5) is 16.8. The predicted molar refractivity (Wildman–Crippen MR) is 118 cm³/mol. The molecular weight excluding hydrogens is 395 g/mol. The zero-order valence-corrected chi connectivity index (χ0v) is 17.8. The van der Waals surface area contributed by atoms with Crippen LogP contribution in [0.1, 0.15) is 39.5 Å².